The highest BCUT2D eigenvalue weighted by molar-refractivity contribution is 5.83. The summed E-state index contributed by atoms with van der Waals surface area (Å²) in [5.74, 6) is -0.264. The molecule has 0 radical (unpaired) electrons. The summed E-state index contributed by atoms with van der Waals surface area (Å²) < 4.78 is 15.6. The van der Waals surface area contributed by atoms with E-state index >= 15 is 0 Å². The molecule has 1 aromatic heterocycles. The monoisotopic (exact) mass is 395 g/mol. The highest BCUT2D eigenvalue weighted by atomic mass is 16.5. The lowest BCUT2D eigenvalue weighted by Gasteiger charge is -2.08. The van der Waals surface area contributed by atoms with Crippen LogP contribution in [0.2, 0.25) is 0 Å². The number of nitrogens with one attached hydrogen (secondary N) is 1. The van der Waals surface area contributed by atoms with Gasteiger partial charge >= 0.3 is 17.7 Å². The fourth-order valence-electron chi connectivity index (χ4n) is 2.72. The van der Waals surface area contributed by atoms with E-state index in [1.807, 2.05) is 37.3 Å². The zero-order valence-electron chi connectivity index (χ0n) is 16.2. The molecule has 0 aliphatic carbocycles. The Hall–Kier alpha value is -3.61. The smallest absolute Gasteiger partial charge is 0.407 e. The predicted molar refractivity (Wildman–Crippen MR) is 107 cm³/mol. The van der Waals surface area contributed by atoms with Crippen molar-refractivity contribution in [2.45, 2.75) is 26.9 Å². The van der Waals surface area contributed by atoms with Gasteiger partial charge in [0.1, 0.15) is 17.9 Å². The van der Waals surface area contributed by atoms with Crippen LogP contribution in [0, 0.1) is 13.8 Å². The van der Waals surface area contributed by atoms with Crippen molar-refractivity contribution in [2.75, 3.05) is 6.54 Å². The zero-order chi connectivity index (χ0) is 20.8. The third kappa shape index (κ3) is 5.22. The summed E-state index contributed by atoms with van der Waals surface area (Å²) in [5, 5.41) is 3.28. The number of esters is 1. The van der Waals surface area contributed by atoms with Crippen molar-refractivity contribution >= 4 is 23.0 Å². The lowest BCUT2D eigenvalue weighted by molar-refractivity contribution is -0.134. The van der Waals surface area contributed by atoms with Gasteiger partial charge in [-0.3, -0.25) is 4.79 Å². The Morgan fingerprint density at radius 1 is 1.03 bits per heavy atom. The molecule has 29 heavy (non-hydrogen) atoms. The van der Waals surface area contributed by atoms with Crippen LogP contribution >= 0.6 is 0 Å². The molecule has 7 nitrogen and oxygen atoms in total. The first kappa shape index (κ1) is 20.1. The summed E-state index contributed by atoms with van der Waals surface area (Å²) >= 11 is 0. The molecule has 0 bridgehead atoms. The molecule has 0 saturated heterocycles. The maximum absolute atomic E-state index is 12.0. The number of aryl methyl sites for hydroxylation is 1. The van der Waals surface area contributed by atoms with Crippen LogP contribution in [0.4, 0.5) is 4.79 Å². The Bertz CT molecular complexity index is 1090. The molecule has 0 fully saturated rings. The molecule has 0 saturated carbocycles. The fourth-order valence-corrected chi connectivity index (χ4v) is 2.72. The first-order valence-electron chi connectivity index (χ1n) is 9.13. The molecule has 1 N–H and O–H groups in total. The minimum Gasteiger partial charge on any atom is -0.445 e. The molecule has 150 valence electrons. The van der Waals surface area contributed by atoms with Crippen LogP contribution in [-0.4, -0.2) is 18.6 Å². The molecule has 7 heteroatoms. The summed E-state index contributed by atoms with van der Waals surface area (Å²) in [7, 11) is 0. The molecular weight excluding hydrogens is 374 g/mol. The summed E-state index contributed by atoms with van der Waals surface area (Å²) in [6.07, 6.45) is -0.644. The SMILES string of the molecule is Cc1c(C)c2ccc(OC(=O)CCNC(=O)OCc3ccccc3)cc2oc1=O. The molecule has 0 aliphatic heterocycles. The van der Waals surface area contributed by atoms with Crippen LogP contribution in [0.15, 0.2) is 57.7 Å². The third-order valence-electron chi connectivity index (χ3n) is 4.47. The summed E-state index contributed by atoms with van der Waals surface area (Å²) in [5.41, 5.74) is 2.18. The molecule has 1 heterocycles. The number of hydrogen-bond donors (Lipinski definition) is 1. The molecule has 2 aromatic carbocycles. The summed E-state index contributed by atoms with van der Waals surface area (Å²) in [4.78, 5) is 35.5. The van der Waals surface area contributed by atoms with Crippen LogP contribution in [0.5, 0.6) is 5.75 Å². The average Bonchev–Trinajstić information content (AvgIpc) is 2.71. The van der Waals surface area contributed by atoms with Gasteiger partial charge in [0.05, 0.1) is 6.42 Å². The maximum Gasteiger partial charge on any atom is 0.407 e. The van der Waals surface area contributed by atoms with E-state index in [1.165, 1.54) is 6.07 Å². The molecule has 0 unspecified atom stereocenters. The molecule has 0 atom stereocenters. The van der Waals surface area contributed by atoms with E-state index in [4.69, 9.17) is 13.9 Å². The Labute approximate surface area is 167 Å². The highest BCUT2D eigenvalue weighted by Gasteiger charge is 2.11. The van der Waals surface area contributed by atoms with Crippen LogP contribution < -0.4 is 15.7 Å². The number of fused-ring (bicyclic) bond motifs is 1. The van der Waals surface area contributed by atoms with Gasteiger partial charge in [-0.05, 0) is 37.1 Å². The Morgan fingerprint density at radius 3 is 2.55 bits per heavy atom. The number of ether oxygens (including phenoxy) is 2. The number of carbonyl (C=O) groups excluding carboxylic acids is 2. The van der Waals surface area contributed by atoms with Crippen LogP contribution in [0.25, 0.3) is 11.0 Å². The number of benzene rings is 2. The maximum atomic E-state index is 12.0. The molecule has 0 spiro atoms. The summed E-state index contributed by atoms with van der Waals surface area (Å²) in [6.45, 7) is 3.76. The van der Waals surface area contributed by atoms with E-state index in [0.717, 1.165) is 16.5 Å². The second-order valence-electron chi connectivity index (χ2n) is 6.51. The minimum atomic E-state index is -0.611. The van der Waals surface area contributed by atoms with E-state index in [1.54, 1.807) is 19.1 Å². The number of carbonyl (C=O) groups is 2. The second kappa shape index (κ2) is 9.05. The van der Waals surface area contributed by atoms with Gasteiger partial charge in [0.15, 0.2) is 0 Å². The van der Waals surface area contributed by atoms with E-state index in [9.17, 15) is 14.4 Å². The van der Waals surface area contributed by atoms with E-state index in [2.05, 4.69) is 5.32 Å². The number of amides is 1. The first-order valence-corrected chi connectivity index (χ1v) is 9.13. The van der Waals surface area contributed by atoms with Gasteiger partial charge in [0.25, 0.3) is 0 Å². The van der Waals surface area contributed by atoms with Crippen molar-refractivity contribution < 1.29 is 23.5 Å². The Balaban J connectivity index is 1.48. The summed E-state index contributed by atoms with van der Waals surface area (Å²) in [6, 6.07) is 14.2. The minimum absolute atomic E-state index is 0.0324. The van der Waals surface area contributed by atoms with Crippen molar-refractivity contribution in [1.29, 1.82) is 0 Å². The second-order valence-corrected chi connectivity index (χ2v) is 6.51. The zero-order valence-corrected chi connectivity index (χ0v) is 16.2. The van der Waals surface area contributed by atoms with Gasteiger partial charge in [-0.2, -0.15) is 0 Å². The van der Waals surface area contributed by atoms with Crippen molar-refractivity contribution in [3.63, 3.8) is 0 Å². The molecular formula is C22H21NO6. The van der Waals surface area contributed by atoms with E-state index < -0.39 is 17.7 Å². The number of hydrogen-bond acceptors (Lipinski definition) is 6. The predicted octanol–water partition coefficient (Wildman–Crippen LogP) is 3.63. The van der Waals surface area contributed by atoms with Gasteiger partial charge in [-0.25, -0.2) is 9.59 Å². The van der Waals surface area contributed by atoms with Crippen LogP contribution in [-0.2, 0) is 16.1 Å². The lowest BCUT2D eigenvalue weighted by atomic mass is 10.1. The highest BCUT2D eigenvalue weighted by Crippen LogP contribution is 2.24. The van der Waals surface area contributed by atoms with Crippen molar-refractivity contribution in [1.82, 2.24) is 5.32 Å². The Morgan fingerprint density at radius 2 is 1.79 bits per heavy atom. The standard InChI is InChI=1S/C22H21NO6/c1-14-15(2)21(25)29-19-12-17(8-9-18(14)19)28-20(24)10-11-23-22(26)27-13-16-6-4-3-5-7-16/h3-9,12H,10-11,13H2,1-2H3,(H,23,26). The van der Waals surface area contributed by atoms with Crippen LogP contribution in [0.3, 0.4) is 0 Å². The first-order chi connectivity index (χ1) is 13.9. The average molecular weight is 395 g/mol. The number of rotatable bonds is 6. The third-order valence-corrected chi connectivity index (χ3v) is 4.47. The molecule has 1 amide bonds. The molecule has 3 aromatic rings. The van der Waals surface area contributed by atoms with Crippen molar-refractivity contribution in [3.05, 3.63) is 75.6 Å². The van der Waals surface area contributed by atoms with Gasteiger partial charge in [0.2, 0.25) is 0 Å². The van der Waals surface area contributed by atoms with Gasteiger partial charge in [-0.15, -0.1) is 0 Å². The van der Waals surface area contributed by atoms with Gasteiger partial charge < -0.3 is 19.2 Å². The Kier molecular flexibility index (Phi) is 6.29. The molecule has 3 rings (SSSR count). The van der Waals surface area contributed by atoms with Crippen molar-refractivity contribution in [2.24, 2.45) is 0 Å². The quantitative estimate of drug-likeness (QED) is 0.389. The normalized spacial score (nSPS) is 10.6. The van der Waals surface area contributed by atoms with Crippen LogP contribution in [0.1, 0.15) is 23.1 Å². The lowest BCUT2D eigenvalue weighted by Crippen LogP contribution is -2.27. The van der Waals surface area contributed by atoms with E-state index in [-0.39, 0.29) is 25.3 Å². The van der Waals surface area contributed by atoms with E-state index in [0.29, 0.717) is 11.1 Å². The largest absolute Gasteiger partial charge is 0.445 e. The van der Waals surface area contributed by atoms with Crippen molar-refractivity contribution in [3.8, 4) is 5.75 Å². The fraction of sp³-hybridized carbons (Fsp3) is 0.227. The van der Waals surface area contributed by atoms with Gasteiger partial charge in [0, 0.05) is 23.6 Å². The molecule has 0 aliphatic rings. The topological polar surface area (TPSA) is 94.8 Å². The van der Waals surface area contributed by atoms with Gasteiger partial charge in [-0.1, -0.05) is 30.3 Å². The number of alkyl carbamates (subject to hydrolysis) is 1.